The van der Waals surface area contributed by atoms with Crippen LogP contribution >= 0.6 is 24.2 Å². The number of aliphatic carboxylic acids is 2. The molecule has 0 amide bonds. The van der Waals surface area contributed by atoms with Crippen LogP contribution in [0.3, 0.4) is 0 Å². The number of hydrogen-bond donors (Lipinski definition) is 2. The normalized spacial score (nSPS) is 9.73. The first-order valence-corrected chi connectivity index (χ1v) is 5.45. The van der Waals surface area contributed by atoms with E-state index in [4.69, 9.17) is 10.2 Å². The molecule has 0 aromatic heterocycles. The molecule has 0 aromatic carbocycles. The lowest BCUT2D eigenvalue weighted by atomic mass is 10.4. The van der Waals surface area contributed by atoms with Gasteiger partial charge in [0, 0.05) is 12.3 Å². The minimum Gasteiger partial charge on any atom is -0.480 e. The van der Waals surface area contributed by atoms with Crippen LogP contribution < -0.4 is 0 Å². The number of thioether (sulfide) groups is 1. The number of carbonyl (C=O) groups is 2. The van der Waals surface area contributed by atoms with Gasteiger partial charge in [-0.15, -0.1) is 12.4 Å². The van der Waals surface area contributed by atoms with Crippen LogP contribution in [0.15, 0.2) is 0 Å². The number of rotatable bonds is 8. The zero-order chi connectivity index (χ0) is 11.0. The zero-order valence-electron chi connectivity index (χ0n) is 8.51. The third-order valence-electron chi connectivity index (χ3n) is 1.47. The van der Waals surface area contributed by atoms with Gasteiger partial charge in [0.1, 0.15) is 0 Å². The van der Waals surface area contributed by atoms with E-state index < -0.39 is 11.9 Å². The highest BCUT2D eigenvalue weighted by molar-refractivity contribution is 7.99. The lowest BCUT2D eigenvalue weighted by Crippen LogP contribution is -2.36. The molecule has 5 nitrogen and oxygen atoms in total. The van der Waals surface area contributed by atoms with Gasteiger partial charge in [0.25, 0.3) is 0 Å². The summed E-state index contributed by atoms with van der Waals surface area (Å²) >= 11 is 1.66. The Kier molecular flexibility index (Phi) is 11.4. The van der Waals surface area contributed by atoms with E-state index in [0.717, 1.165) is 11.5 Å². The first kappa shape index (κ1) is 17.0. The van der Waals surface area contributed by atoms with E-state index in [1.54, 1.807) is 11.8 Å². The molecule has 0 unspecified atom stereocenters. The maximum atomic E-state index is 10.4. The summed E-state index contributed by atoms with van der Waals surface area (Å²) < 4.78 is 0. The molecule has 0 spiro atoms. The highest BCUT2D eigenvalue weighted by atomic mass is 35.5. The molecule has 0 aliphatic rings. The van der Waals surface area contributed by atoms with Gasteiger partial charge in [-0.1, -0.05) is 6.92 Å². The minimum absolute atomic E-state index is 0. The van der Waals surface area contributed by atoms with Gasteiger partial charge in [0.05, 0.1) is 13.1 Å². The van der Waals surface area contributed by atoms with Crippen molar-refractivity contribution in [2.45, 2.75) is 6.92 Å². The van der Waals surface area contributed by atoms with Crippen LogP contribution in [0.1, 0.15) is 6.92 Å². The summed E-state index contributed by atoms with van der Waals surface area (Å²) in [7, 11) is 0. The Morgan fingerprint density at radius 3 is 2.00 bits per heavy atom. The molecule has 15 heavy (non-hydrogen) atoms. The summed E-state index contributed by atoms with van der Waals surface area (Å²) in [6.07, 6.45) is 0. The fourth-order valence-electron chi connectivity index (χ4n) is 0.935. The average molecular weight is 258 g/mol. The lowest BCUT2D eigenvalue weighted by Gasteiger charge is -2.16. The Bertz CT molecular complexity index is 187. The third kappa shape index (κ3) is 11.5. The van der Waals surface area contributed by atoms with Crippen molar-refractivity contribution in [1.29, 1.82) is 0 Å². The molecule has 7 heteroatoms. The van der Waals surface area contributed by atoms with E-state index in [1.807, 2.05) is 6.92 Å². The fraction of sp³-hybridized carbons (Fsp3) is 0.750. The van der Waals surface area contributed by atoms with Gasteiger partial charge < -0.3 is 10.2 Å². The molecule has 90 valence electrons. The first-order chi connectivity index (χ1) is 6.56. The molecule has 0 heterocycles. The Morgan fingerprint density at radius 2 is 1.67 bits per heavy atom. The number of nitrogens with zero attached hydrogens (tertiary/aromatic N) is 1. The van der Waals surface area contributed by atoms with Crippen molar-refractivity contribution in [1.82, 2.24) is 4.90 Å². The summed E-state index contributed by atoms with van der Waals surface area (Å²) in [6.45, 7) is 2.08. The Hall–Kier alpha value is -0.460. The average Bonchev–Trinajstić information content (AvgIpc) is 2.02. The monoisotopic (exact) mass is 257 g/mol. The maximum absolute atomic E-state index is 10.4. The predicted octanol–water partition coefficient (Wildman–Crippen LogP) is 0.632. The van der Waals surface area contributed by atoms with E-state index in [1.165, 1.54) is 4.90 Å². The van der Waals surface area contributed by atoms with Gasteiger partial charge in [0.2, 0.25) is 0 Å². The van der Waals surface area contributed by atoms with Crippen molar-refractivity contribution in [2.24, 2.45) is 0 Å². The molecule has 0 aromatic rings. The van der Waals surface area contributed by atoms with Crippen LogP contribution in [-0.2, 0) is 9.59 Å². The van der Waals surface area contributed by atoms with Crippen molar-refractivity contribution >= 4 is 36.1 Å². The smallest absolute Gasteiger partial charge is 0.317 e. The highest BCUT2D eigenvalue weighted by Crippen LogP contribution is 1.99. The second kappa shape index (κ2) is 10.1. The quantitative estimate of drug-likeness (QED) is 0.621. The first-order valence-electron chi connectivity index (χ1n) is 4.30. The van der Waals surface area contributed by atoms with E-state index >= 15 is 0 Å². The largest absolute Gasteiger partial charge is 0.480 e. The van der Waals surface area contributed by atoms with E-state index in [-0.39, 0.29) is 25.5 Å². The summed E-state index contributed by atoms with van der Waals surface area (Å²) in [6, 6.07) is 0. The van der Waals surface area contributed by atoms with Gasteiger partial charge in [0.15, 0.2) is 0 Å². The molecule has 0 atom stereocenters. The van der Waals surface area contributed by atoms with Gasteiger partial charge in [-0.2, -0.15) is 11.8 Å². The molecule has 0 aliphatic heterocycles. The summed E-state index contributed by atoms with van der Waals surface area (Å²) in [4.78, 5) is 22.2. The van der Waals surface area contributed by atoms with Gasteiger partial charge >= 0.3 is 11.9 Å². The Balaban J connectivity index is 0. The Labute approximate surface area is 99.2 Å². The van der Waals surface area contributed by atoms with Gasteiger partial charge in [-0.25, -0.2) is 0 Å². The zero-order valence-corrected chi connectivity index (χ0v) is 10.1. The molecule has 0 rings (SSSR count). The standard InChI is InChI=1S/C8H15NO4S.ClH/c1-2-14-4-3-9(5-7(10)11)6-8(12)13;/h2-6H2,1H3,(H,10,11)(H,12,13);1H. The highest BCUT2D eigenvalue weighted by Gasteiger charge is 2.12. The molecule has 0 aliphatic carbocycles. The third-order valence-corrected chi connectivity index (χ3v) is 2.35. The van der Waals surface area contributed by atoms with Crippen LogP contribution in [0.2, 0.25) is 0 Å². The number of carboxylic acid groups (broad SMARTS) is 2. The molecular formula is C8H16ClNO4S. The van der Waals surface area contributed by atoms with Crippen LogP contribution in [-0.4, -0.2) is 58.2 Å². The molecular weight excluding hydrogens is 242 g/mol. The van der Waals surface area contributed by atoms with Crippen LogP contribution in [0.4, 0.5) is 0 Å². The maximum Gasteiger partial charge on any atom is 0.317 e. The SMILES string of the molecule is CCSCCN(CC(=O)O)CC(=O)O.Cl. The molecule has 2 N–H and O–H groups in total. The van der Waals surface area contributed by atoms with E-state index in [2.05, 4.69) is 0 Å². The van der Waals surface area contributed by atoms with Crippen molar-refractivity contribution in [3.05, 3.63) is 0 Å². The van der Waals surface area contributed by atoms with E-state index in [0.29, 0.717) is 6.54 Å². The predicted molar refractivity (Wildman–Crippen MR) is 62.0 cm³/mol. The topological polar surface area (TPSA) is 77.8 Å². The number of hydrogen-bond acceptors (Lipinski definition) is 4. The van der Waals surface area contributed by atoms with Crippen molar-refractivity contribution in [3.63, 3.8) is 0 Å². The van der Waals surface area contributed by atoms with Gasteiger partial charge in [-0.3, -0.25) is 14.5 Å². The molecule has 0 bridgehead atoms. The fourth-order valence-corrected chi connectivity index (χ4v) is 1.61. The number of halogens is 1. The minimum atomic E-state index is -0.993. The van der Waals surface area contributed by atoms with Crippen molar-refractivity contribution in [3.8, 4) is 0 Å². The van der Waals surface area contributed by atoms with Crippen molar-refractivity contribution < 1.29 is 19.8 Å². The van der Waals surface area contributed by atoms with Crippen LogP contribution in [0, 0.1) is 0 Å². The summed E-state index contributed by atoms with van der Waals surface area (Å²) in [5.41, 5.74) is 0. The number of carboxylic acids is 2. The van der Waals surface area contributed by atoms with Crippen LogP contribution in [0.25, 0.3) is 0 Å². The molecule has 0 radical (unpaired) electrons. The Morgan fingerprint density at radius 1 is 1.20 bits per heavy atom. The molecule has 0 fully saturated rings. The second-order valence-corrected chi connectivity index (χ2v) is 4.09. The molecule has 0 saturated carbocycles. The molecule has 0 saturated heterocycles. The summed E-state index contributed by atoms with van der Waals surface area (Å²) in [5, 5.41) is 17.0. The second-order valence-electron chi connectivity index (χ2n) is 2.70. The van der Waals surface area contributed by atoms with Crippen molar-refractivity contribution in [2.75, 3.05) is 31.1 Å². The lowest BCUT2D eigenvalue weighted by molar-refractivity contribution is -0.141. The van der Waals surface area contributed by atoms with Gasteiger partial charge in [-0.05, 0) is 5.75 Å². The summed E-state index contributed by atoms with van der Waals surface area (Å²) in [5.74, 6) is -0.272. The van der Waals surface area contributed by atoms with E-state index in [9.17, 15) is 9.59 Å². The van der Waals surface area contributed by atoms with Crippen LogP contribution in [0.5, 0.6) is 0 Å².